The summed E-state index contributed by atoms with van der Waals surface area (Å²) < 4.78 is 10.9. The molecule has 0 fully saturated rings. The largest absolute Gasteiger partial charge is 0.157 e. The minimum Gasteiger partial charge on any atom is -0.157 e. The van der Waals surface area contributed by atoms with Crippen molar-refractivity contribution in [1.29, 1.82) is 0 Å². The molecule has 0 rings (SSSR count). The zero-order valence-corrected chi connectivity index (χ0v) is 4.68. The zero-order valence-electron chi connectivity index (χ0n) is 3.86. The predicted molar refractivity (Wildman–Crippen MR) is 26.6 cm³/mol. The Labute approximate surface area is 43.3 Å². The number of halogens is 2. The standard InChI is InChI=1S/C3H8FN.ClH/c1-3(2)5-4;/h3,5H,1-2H3;1H. The molecule has 0 atom stereocenters. The second-order valence-corrected chi connectivity index (χ2v) is 1.26. The van der Waals surface area contributed by atoms with Gasteiger partial charge in [-0.15, -0.1) is 16.9 Å². The van der Waals surface area contributed by atoms with Gasteiger partial charge in [-0.1, -0.05) is 0 Å². The summed E-state index contributed by atoms with van der Waals surface area (Å²) in [6.07, 6.45) is 0. The van der Waals surface area contributed by atoms with Crippen molar-refractivity contribution >= 4 is 12.4 Å². The molecule has 1 N–H and O–H groups in total. The average molecular weight is 114 g/mol. The maximum Gasteiger partial charge on any atom is 0.0315 e. The molecule has 0 aromatic rings. The second-order valence-electron chi connectivity index (χ2n) is 1.26. The molecular weight excluding hydrogens is 104 g/mol. The number of nitrogens with one attached hydrogen (secondary N) is 1. The van der Waals surface area contributed by atoms with E-state index >= 15 is 0 Å². The lowest BCUT2D eigenvalue weighted by molar-refractivity contribution is 0.294. The number of rotatable bonds is 1. The van der Waals surface area contributed by atoms with Crippen LogP contribution in [0.1, 0.15) is 13.8 Å². The van der Waals surface area contributed by atoms with Crippen LogP contribution in [-0.2, 0) is 0 Å². The fourth-order valence-electron chi connectivity index (χ4n) is 0. The highest BCUT2D eigenvalue weighted by molar-refractivity contribution is 5.85. The maximum absolute atomic E-state index is 10.9. The van der Waals surface area contributed by atoms with E-state index in [2.05, 4.69) is 0 Å². The molecule has 0 aliphatic carbocycles. The summed E-state index contributed by atoms with van der Waals surface area (Å²) in [7, 11) is 0. The Bertz CT molecular complexity index is 24.8. The summed E-state index contributed by atoms with van der Waals surface area (Å²) in [5.74, 6) is 0. The van der Waals surface area contributed by atoms with E-state index in [0.717, 1.165) is 0 Å². The van der Waals surface area contributed by atoms with Crippen LogP contribution in [0.25, 0.3) is 0 Å². The number of hydrogen-bond acceptors (Lipinski definition) is 1. The Kier molecular flexibility index (Phi) is 8.19. The Hall–Kier alpha value is 0.180. The van der Waals surface area contributed by atoms with Crippen molar-refractivity contribution < 1.29 is 4.48 Å². The van der Waals surface area contributed by atoms with Crippen LogP contribution in [0, 0.1) is 0 Å². The molecule has 0 amide bonds. The van der Waals surface area contributed by atoms with E-state index in [1.54, 1.807) is 13.8 Å². The zero-order chi connectivity index (χ0) is 4.28. The van der Waals surface area contributed by atoms with Crippen molar-refractivity contribution in [3.63, 3.8) is 0 Å². The van der Waals surface area contributed by atoms with Crippen molar-refractivity contribution in [2.75, 3.05) is 0 Å². The lowest BCUT2D eigenvalue weighted by Crippen LogP contribution is -2.10. The van der Waals surface area contributed by atoms with E-state index in [1.165, 1.54) is 5.54 Å². The quantitative estimate of drug-likeness (QED) is 0.506. The summed E-state index contributed by atoms with van der Waals surface area (Å²) in [5.41, 5.74) is 1.53. The maximum atomic E-state index is 10.9. The van der Waals surface area contributed by atoms with E-state index in [0.29, 0.717) is 0 Å². The third-order valence-corrected chi connectivity index (χ3v) is 0.218. The predicted octanol–water partition coefficient (Wildman–Crippen LogP) is 1.29. The van der Waals surface area contributed by atoms with Gasteiger partial charge in [-0.3, -0.25) is 0 Å². The van der Waals surface area contributed by atoms with Gasteiger partial charge in [-0.2, -0.15) is 5.54 Å². The highest BCUT2D eigenvalue weighted by Gasteiger charge is 1.81. The van der Waals surface area contributed by atoms with Crippen LogP contribution in [0.15, 0.2) is 0 Å². The van der Waals surface area contributed by atoms with E-state index < -0.39 is 0 Å². The van der Waals surface area contributed by atoms with Gasteiger partial charge in [0, 0.05) is 6.04 Å². The van der Waals surface area contributed by atoms with E-state index in [-0.39, 0.29) is 18.4 Å². The van der Waals surface area contributed by atoms with Crippen molar-refractivity contribution in [3.05, 3.63) is 0 Å². The molecule has 0 bridgehead atoms. The third-order valence-electron chi connectivity index (χ3n) is 0.218. The van der Waals surface area contributed by atoms with E-state index in [9.17, 15) is 4.48 Å². The molecule has 0 saturated heterocycles. The molecule has 40 valence electrons. The van der Waals surface area contributed by atoms with Crippen LogP contribution in [0.3, 0.4) is 0 Å². The first kappa shape index (κ1) is 9.49. The van der Waals surface area contributed by atoms with Gasteiger partial charge in [0.25, 0.3) is 0 Å². The highest BCUT2D eigenvalue weighted by Crippen LogP contribution is 1.70. The van der Waals surface area contributed by atoms with Gasteiger partial charge in [0.2, 0.25) is 0 Å². The lowest BCUT2D eigenvalue weighted by atomic mass is 10.4. The normalized spacial score (nSPS) is 8.00. The van der Waals surface area contributed by atoms with Gasteiger partial charge in [0.05, 0.1) is 0 Å². The van der Waals surface area contributed by atoms with Crippen LogP contribution in [-0.4, -0.2) is 6.04 Å². The monoisotopic (exact) mass is 113 g/mol. The molecule has 6 heavy (non-hydrogen) atoms. The van der Waals surface area contributed by atoms with Gasteiger partial charge in [-0.05, 0) is 13.8 Å². The molecule has 0 saturated carbocycles. The molecule has 0 aromatic heterocycles. The molecule has 1 nitrogen and oxygen atoms in total. The van der Waals surface area contributed by atoms with Gasteiger partial charge in [0.15, 0.2) is 0 Å². The Morgan fingerprint density at radius 3 is 1.67 bits per heavy atom. The molecule has 0 heterocycles. The topological polar surface area (TPSA) is 12.0 Å². The summed E-state index contributed by atoms with van der Waals surface area (Å²) in [6.45, 7) is 3.47. The Morgan fingerprint density at radius 2 is 1.67 bits per heavy atom. The Morgan fingerprint density at radius 1 is 1.50 bits per heavy atom. The van der Waals surface area contributed by atoms with Gasteiger partial charge >= 0.3 is 0 Å². The minimum absolute atomic E-state index is 0. The summed E-state index contributed by atoms with van der Waals surface area (Å²) >= 11 is 0. The van der Waals surface area contributed by atoms with Gasteiger partial charge in [0.1, 0.15) is 0 Å². The molecule has 0 unspecified atom stereocenters. The average Bonchev–Trinajstić information content (AvgIpc) is 1.38. The van der Waals surface area contributed by atoms with Crippen LogP contribution in [0.2, 0.25) is 0 Å². The first-order chi connectivity index (χ1) is 2.27. The highest BCUT2D eigenvalue weighted by atomic mass is 35.5. The molecule has 0 aliphatic rings. The van der Waals surface area contributed by atoms with Crippen LogP contribution < -0.4 is 5.54 Å². The van der Waals surface area contributed by atoms with Crippen molar-refractivity contribution in [2.24, 2.45) is 0 Å². The van der Waals surface area contributed by atoms with Crippen molar-refractivity contribution in [3.8, 4) is 0 Å². The number of hydrogen-bond donors (Lipinski definition) is 1. The molecule has 0 aromatic carbocycles. The SMILES string of the molecule is CC(C)NF.Cl. The summed E-state index contributed by atoms with van der Waals surface area (Å²) in [6, 6.07) is -0.0324. The smallest absolute Gasteiger partial charge is 0.0315 e. The fraction of sp³-hybridized carbons (Fsp3) is 1.00. The third kappa shape index (κ3) is 8.89. The van der Waals surface area contributed by atoms with Crippen molar-refractivity contribution in [2.45, 2.75) is 19.9 Å². The lowest BCUT2D eigenvalue weighted by Gasteiger charge is -1.90. The van der Waals surface area contributed by atoms with Crippen LogP contribution >= 0.6 is 12.4 Å². The summed E-state index contributed by atoms with van der Waals surface area (Å²) in [5, 5.41) is 0. The Balaban J connectivity index is 0. The molecule has 3 heteroatoms. The van der Waals surface area contributed by atoms with E-state index in [1.807, 2.05) is 0 Å². The molecule has 0 spiro atoms. The summed E-state index contributed by atoms with van der Waals surface area (Å²) in [4.78, 5) is 0. The first-order valence-electron chi connectivity index (χ1n) is 1.63. The van der Waals surface area contributed by atoms with Crippen molar-refractivity contribution in [1.82, 2.24) is 5.54 Å². The van der Waals surface area contributed by atoms with Crippen LogP contribution in [0.4, 0.5) is 4.48 Å². The first-order valence-corrected chi connectivity index (χ1v) is 1.63. The fourth-order valence-corrected chi connectivity index (χ4v) is 0. The molecular formula is C3H9ClFN. The minimum atomic E-state index is -0.0324. The van der Waals surface area contributed by atoms with E-state index in [4.69, 9.17) is 0 Å². The second kappa shape index (κ2) is 5.18. The molecule has 0 aliphatic heterocycles. The van der Waals surface area contributed by atoms with Gasteiger partial charge in [-0.25, -0.2) is 0 Å². The van der Waals surface area contributed by atoms with Crippen LogP contribution in [0.5, 0.6) is 0 Å². The molecule has 0 radical (unpaired) electrons. The van der Waals surface area contributed by atoms with Gasteiger partial charge < -0.3 is 0 Å².